The highest BCUT2D eigenvalue weighted by atomic mass is 32.1. The Morgan fingerprint density at radius 1 is 1.27 bits per heavy atom. The van der Waals surface area contributed by atoms with Gasteiger partial charge in [0.05, 0.1) is 5.39 Å². The number of thiophene rings is 1. The van der Waals surface area contributed by atoms with Crippen LogP contribution in [-0.2, 0) is 11.3 Å². The van der Waals surface area contributed by atoms with Crippen molar-refractivity contribution in [3.05, 3.63) is 57.1 Å². The summed E-state index contributed by atoms with van der Waals surface area (Å²) < 4.78 is 2.56. The van der Waals surface area contributed by atoms with E-state index in [1.807, 2.05) is 45.0 Å². The Morgan fingerprint density at radius 2 is 2.08 bits per heavy atom. The van der Waals surface area contributed by atoms with Gasteiger partial charge in [-0.15, -0.1) is 16.4 Å². The topological polar surface area (TPSA) is 81.3 Å². The van der Waals surface area contributed by atoms with Crippen molar-refractivity contribution in [2.24, 2.45) is 0 Å². The van der Waals surface area contributed by atoms with Crippen LogP contribution in [0.1, 0.15) is 16.0 Å². The lowest BCUT2D eigenvalue weighted by Gasteiger charge is -2.05. The third kappa shape index (κ3) is 2.68. The van der Waals surface area contributed by atoms with Crippen LogP contribution in [0.2, 0.25) is 0 Å². The molecule has 0 fully saturated rings. The Kier molecular flexibility index (Phi) is 3.84. The zero-order valence-electron chi connectivity index (χ0n) is 14.6. The van der Waals surface area contributed by atoms with Crippen molar-refractivity contribution < 1.29 is 4.79 Å². The van der Waals surface area contributed by atoms with Gasteiger partial charge in [-0.05, 0) is 44.0 Å². The number of nitrogens with one attached hydrogen (secondary N) is 1. The molecule has 132 valence electrons. The fraction of sp³-hybridized carbons (Fsp3) is 0.222. The fourth-order valence-corrected chi connectivity index (χ4v) is 3.92. The van der Waals surface area contributed by atoms with Crippen LogP contribution in [0.3, 0.4) is 0 Å². The summed E-state index contributed by atoms with van der Waals surface area (Å²) in [5.74, 6) is -0.302. The molecule has 0 unspecified atom stereocenters. The maximum Gasteiger partial charge on any atom is 0.352 e. The lowest BCUT2D eigenvalue weighted by atomic mass is 10.2. The Bertz CT molecular complexity index is 1220. The van der Waals surface area contributed by atoms with Gasteiger partial charge in [-0.3, -0.25) is 4.79 Å². The number of aromatic nitrogens is 4. The molecule has 1 amide bonds. The monoisotopic (exact) mass is 367 g/mol. The van der Waals surface area contributed by atoms with E-state index in [-0.39, 0.29) is 18.1 Å². The Labute approximate surface area is 152 Å². The molecule has 8 heteroatoms. The minimum Gasteiger partial charge on any atom is -0.324 e. The SMILES string of the molecule is Cc1cccc(NC(=O)Cn2nc3c4c(C)c(C)sc4ncn3c2=O)c1. The molecule has 0 aliphatic rings. The molecular formula is C18H17N5O2S. The number of hydrogen-bond donors (Lipinski definition) is 1. The van der Waals surface area contributed by atoms with Crippen molar-refractivity contribution in [1.82, 2.24) is 19.2 Å². The van der Waals surface area contributed by atoms with Gasteiger partial charge < -0.3 is 5.32 Å². The minimum atomic E-state index is -0.378. The molecule has 0 atom stereocenters. The summed E-state index contributed by atoms with van der Waals surface area (Å²) in [6, 6.07) is 7.50. The molecule has 4 aromatic rings. The van der Waals surface area contributed by atoms with E-state index in [4.69, 9.17) is 0 Å². The van der Waals surface area contributed by atoms with Crippen molar-refractivity contribution in [2.75, 3.05) is 5.32 Å². The summed E-state index contributed by atoms with van der Waals surface area (Å²) in [7, 11) is 0. The van der Waals surface area contributed by atoms with Gasteiger partial charge in [-0.1, -0.05) is 12.1 Å². The normalized spacial score (nSPS) is 11.3. The van der Waals surface area contributed by atoms with Crippen LogP contribution < -0.4 is 11.0 Å². The average Bonchev–Trinajstić information content (AvgIpc) is 3.05. The van der Waals surface area contributed by atoms with E-state index in [9.17, 15) is 9.59 Å². The van der Waals surface area contributed by atoms with Crippen LogP contribution in [-0.4, -0.2) is 25.1 Å². The molecule has 0 saturated heterocycles. The third-order valence-electron chi connectivity index (χ3n) is 4.35. The number of aryl methyl sites for hydroxylation is 3. The second kappa shape index (κ2) is 6.06. The number of hydrogen-bond acceptors (Lipinski definition) is 5. The molecule has 4 rings (SSSR count). The van der Waals surface area contributed by atoms with E-state index >= 15 is 0 Å². The Balaban J connectivity index is 1.70. The number of amides is 1. The molecule has 0 saturated carbocycles. The van der Waals surface area contributed by atoms with E-state index in [1.165, 1.54) is 15.4 Å². The van der Waals surface area contributed by atoms with E-state index < -0.39 is 0 Å². The zero-order chi connectivity index (χ0) is 18.4. The number of fused-ring (bicyclic) bond motifs is 3. The van der Waals surface area contributed by atoms with E-state index in [2.05, 4.69) is 15.4 Å². The molecule has 0 aliphatic heterocycles. The summed E-state index contributed by atoms with van der Waals surface area (Å²) in [6.45, 7) is 5.80. The van der Waals surface area contributed by atoms with Crippen LogP contribution in [0.15, 0.2) is 35.4 Å². The largest absolute Gasteiger partial charge is 0.352 e. The van der Waals surface area contributed by atoms with Crippen molar-refractivity contribution in [1.29, 1.82) is 0 Å². The molecule has 0 bridgehead atoms. The second-order valence-electron chi connectivity index (χ2n) is 6.26. The number of carbonyl (C=O) groups excluding carboxylic acids is 1. The summed E-state index contributed by atoms with van der Waals surface area (Å²) >= 11 is 1.57. The first-order chi connectivity index (χ1) is 12.4. The van der Waals surface area contributed by atoms with Gasteiger partial charge in [0.25, 0.3) is 0 Å². The molecule has 3 aromatic heterocycles. The third-order valence-corrected chi connectivity index (χ3v) is 5.46. The first kappa shape index (κ1) is 16.5. The number of nitrogens with zero attached hydrogens (tertiary/aromatic N) is 4. The van der Waals surface area contributed by atoms with Gasteiger partial charge in [0.1, 0.15) is 17.7 Å². The van der Waals surface area contributed by atoms with Gasteiger partial charge in [0, 0.05) is 10.6 Å². The lowest BCUT2D eigenvalue weighted by molar-refractivity contribution is -0.117. The van der Waals surface area contributed by atoms with E-state index in [1.54, 1.807) is 11.3 Å². The lowest BCUT2D eigenvalue weighted by Crippen LogP contribution is -2.28. The highest BCUT2D eigenvalue weighted by Gasteiger charge is 2.17. The summed E-state index contributed by atoms with van der Waals surface area (Å²) in [4.78, 5) is 31.2. The zero-order valence-corrected chi connectivity index (χ0v) is 15.4. The summed E-state index contributed by atoms with van der Waals surface area (Å²) in [6.07, 6.45) is 1.47. The van der Waals surface area contributed by atoms with Crippen LogP contribution in [0.4, 0.5) is 5.69 Å². The van der Waals surface area contributed by atoms with E-state index in [0.29, 0.717) is 11.3 Å². The predicted octanol–water partition coefficient (Wildman–Crippen LogP) is 2.67. The highest BCUT2D eigenvalue weighted by Crippen LogP contribution is 2.30. The molecule has 1 aromatic carbocycles. The van der Waals surface area contributed by atoms with Crippen molar-refractivity contribution in [3.63, 3.8) is 0 Å². The van der Waals surface area contributed by atoms with Gasteiger partial charge in [-0.2, -0.15) is 0 Å². The number of anilines is 1. The molecule has 7 nitrogen and oxygen atoms in total. The standard InChI is InChI=1S/C18H17N5O2S/c1-10-5-4-6-13(7-10)20-14(24)8-23-18(25)22-9-19-17-15(16(22)21-23)11(2)12(3)26-17/h4-7,9H,8H2,1-3H3,(H,20,24). The summed E-state index contributed by atoms with van der Waals surface area (Å²) in [5.41, 5.74) is 2.95. The maximum atomic E-state index is 12.6. The van der Waals surface area contributed by atoms with Crippen LogP contribution in [0.25, 0.3) is 15.9 Å². The van der Waals surface area contributed by atoms with Crippen molar-refractivity contribution >= 4 is 38.8 Å². The predicted molar refractivity (Wildman–Crippen MR) is 102 cm³/mol. The van der Waals surface area contributed by atoms with Gasteiger partial charge in [-0.25, -0.2) is 18.9 Å². The molecule has 0 aliphatic carbocycles. The van der Waals surface area contributed by atoms with Gasteiger partial charge in [0.15, 0.2) is 5.65 Å². The van der Waals surface area contributed by atoms with Crippen LogP contribution in [0, 0.1) is 20.8 Å². The molecule has 26 heavy (non-hydrogen) atoms. The molecule has 0 radical (unpaired) electrons. The number of benzene rings is 1. The van der Waals surface area contributed by atoms with Gasteiger partial charge in [0.2, 0.25) is 5.91 Å². The minimum absolute atomic E-state index is 0.155. The van der Waals surface area contributed by atoms with Crippen molar-refractivity contribution in [3.8, 4) is 0 Å². The quantitative estimate of drug-likeness (QED) is 0.604. The van der Waals surface area contributed by atoms with E-state index in [0.717, 1.165) is 26.2 Å². The fourth-order valence-electron chi connectivity index (χ4n) is 2.93. The maximum absolute atomic E-state index is 12.6. The highest BCUT2D eigenvalue weighted by molar-refractivity contribution is 7.18. The molecule has 0 spiro atoms. The van der Waals surface area contributed by atoms with Crippen molar-refractivity contribution in [2.45, 2.75) is 27.3 Å². The Hall–Kier alpha value is -3.00. The van der Waals surface area contributed by atoms with Crippen LogP contribution >= 0.6 is 11.3 Å². The average molecular weight is 367 g/mol. The first-order valence-electron chi connectivity index (χ1n) is 8.14. The first-order valence-corrected chi connectivity index (χ1v) is 8.96. The molecule has 1 N–H and O–H groups in total. The number of carbonyl (C=O) groups is 1. The molecule has 3 heterocycles. The molecular weight excluding hydrogens is 350 g/mol. The Morgan fingerprint density at radius 3 is 2.85 bits per heavy atom. The smallest absolute Gasteiger partial charge is 0.324 e. The van der Waals surface area contributed by atoms with Crippen LogP contribution in [0.5, 0.6) is 0 Å². The van der Waals surface area contributed by atoms with Gasteiger partial charge >= 0.3 is 5.69 Å². The second-order valence-corrected chi connectivity index (χ2v) is 7.46. The summed E-state index contributed by atoms with van der Waals surface area (Å²) in [5, 5.41) is 8.05. The number of rotatable bonds is 3.